The molecule has 2 unspecified atom stereocenters. The summed E-state index contributed by atoms with van der Waals surface area (Å²) in [5, 5.41) is 9.71. The Bertz CT molecular complexity index is 422. The smallest absolute Gasteiger partial charge is 0.152 e. The average Bonchev–Trinajstić information content (AvgIpc) is 2.32. The maximum Gasteiger partial charge on any atom is 0.152 e. The standard InChI is InChI=1S/C13H16BrNO2/c1-9-7-15(5-4-13(9)17)12-3-2-11(14)6-10(12)8-16/h2-3,6,8-9,13,17H,4-5,7H2,1H3. The summed E-state index contributed by atoms with van der Waals surface area (Å²) in [5.74, 6) is 0.242. The van der Waals surface area contributed by atoms with Crippen molar-refractivity contribution in [3.8, 4) is 0 Å². The summed E-state index contributed by atoms with van der Waals surface area (Å²) in [6, 6.07) is 5.73. The van der Waals surface area contributed by atoms with Crippen molar-refractivity contribution in [2.24, 2.45) is 5.92 Å². The first kappa shape index (κ1) is 12.6. The minimum atomic E-state index is -0.221. The zero-order chi connectivity index (χ0) is 12.4. The topological polar surface area (TPSA) is 40.5 Å². The second-order valence-electron chi connectivity index (χ2n) is 4.60. The highest BCUT2D eigenvalue weighted by atomic mass is 79.9. The van der Waals surface area contributed by atoms with Crippen LogP contribution in [0.4, 0.5) is 5.69 Å². The Hall–Kier alpha value is -0.870. The Balaban J connectivity index is 2.25. The lowest BCUT2D eigenvalue weighted by molar-refractivity contribution is 0.0970. The number of halogens is 1. The molecule has 2 rings (SSSR count). The van der Waals surface area contributed by atoms with E-state index in [-0.39, 0.29) is 12.0 Å². The van der Waals surface area contributed by atoms with Gasteiger partial charge in [0.15, 0.2) is 6.29 Å². The molecule has 1 aliphatic heterocycles. The molecule has 1 saturated heterocycles. The van der Waals surface area contributed by atoms with Crippen molar-refractivity contribution in [2.75, 3.05) is 18.0 Å². The highest BCUT2D eigenvalue weighted by Crippen LogP contribution is 2.27. The van der Waals surface area contributed by atoms with Gasteiger partial charge in [-0.3, -0.25) is 4.79 Å². The number of piperidine rings is 1. The number of benzene rings is 1. The van der Waals surface area contributed by atoms with Crippen molar-refractivity contribution in [1.29, 1.82) is 0 Å². The maximum absolute atomic E-state index is 11.1. The Labute approximate surface area is 110 Å². The van der Waals surface area contributed by atoms with Gasteiger partial charge in [-0.25, -0.2) is 0 Å². The molecule has 1 fully saturated rings. The van der Waals surface area contributed by atoms with Crippen molar-refractivity contribution in [1.82, 2.24) is 0 Å². The van der Waals surface area contributed by atoms with Crippen LogP contribution in [0.5, 0.6) is 0 Å². The van der Waals surface area contributed by atoms with E-state index in [4.69, 9.17) is 0 Å². The number of nitrogens with zero attached hydrogens (tertiary/aromatic N) is 1. The van der Waals surface area contributed by atoms with Crippen LogP contribution in [-0.2, 0) is 0 Å². The van der Waals surface area contributed by atoms with E-state index < -0.39 is 0 Å². The van der Waals surface area contributed by atoms with Gasteiger partial charge in [0.05, 0.1) is 6.10 Å². The van der Waals surface area contributed by atoms with Gasteiger partial charge in [-0.1, -0.05) is 22.9 Å². The van der Waals surface area contributed by atoms with Gasteiger partial charge in [-0.2, -0.15) is 0 Å². The fraction of sp³-hybridized carbons (Fsp3) is 0.462. The summed E-state index contributed by atoms with van der Waals surface area (Å²) in [4.78, 5) is 13.2. The van der Waals surface area contributed by atoms with Crippen LogP contribution in [0, 0.1) is 5.92 Å². The first-order valence-corrected chi connectivity index (χ1v) is 6.59. The summed E-state index contributed by atoms with van der Waals surface area (Å²) in [6.07, 6.45) is 1.42. The van der Waals surface area contributed by atoms with Crippen molar-refractivity contribution in [2.45, 2.75) is 19.4 Å². The van der Waals surface area contributed by atoms with Gasteiger partial charge in [-0.05, 0) is 30.5 Å². The van der Waals surface area contributed by atoms with Crippen molar-refractivity contribution < 1.29 is 9.90 Å². The summed E-state index contributed by atoms with van der Waals surface area (Å²) >= 11 is 3.37. The second kappa shape index (κ2) is 5.19. The summed E-state index contributed by atoms with van der Waals surface area (Å²) in [7, 11) is 0. The van der Waals surface area contributed by atoms with Crippen LogP contribution in [0.15, 0.2) is 22.7 Å². The molecule has 3 nitrogen and oxygen atoms in total. The number of aliphatic hydroxyl groups excluding tert-OH is 1. The van der Waals surface area contributed by atoms with Gasteiger partial charge >= 0.3 is 0 Å². The van der Waals surface area contributed by atoms with E-state index in [1.165, 1.54) is 0 Å². The fourth-order valence-electron chi connectivity index (χ4n) is 2.26. The van der Waals surface area contributed by atoms with Crippen molar-refractivity contribution >= 4 is 27.9 Å². The SMILES string of the molecule is CC1CN(c2ccc(Br)cc2C=O)CCC1O. The highest BCUT2D eigenvalue weighted by Gasteiger charge is 2.25. The minimum absolute atomic E-state index is 0.221. The van der Waals surface area contributed by atoms with E-state index in [0.29, 0.717) is 5.56 Å². The molecule has 4 heteroatoms. The number of carbonyl (C=O) groups is 1. The molecule has 0 aliphatic carbocycles. The fourth-order valence-corrected chi connectivity index (χ4v) is 2.64. The monoisotopic (exact) mass is 297 g/mol. The molecule has 0 aromatic heterocycles. The van der Waals surface area contributed by atoms with Crippen LogP contribution >= 0.6 is 15.9 Å². The molecule has 0 saturated carbocycles. The van der Waals surface area contributed by atoms with E-state index in [0.717, 1.165) is 36.0 Å². The summed E-state index contributed by atoms with van der Waals surface area (Å²) in [6.45, 7) is 3.63. The van der Waals surface area contributed by atoms with Gasteiger partial charge in [0.1, 0.15) is 0 Å². The van der Waals surface area contributed by atoms with E-state index in [9.17, 15) is 9.90 Å². The van der Waals surface area contributed by atoms with Gasteiger partial charge < -0.3 is 10.0 Å². The molecule has 0 spiro atoms. The van der Waals surface area contributed by atoms with Gasteiger partial charge in [-0.15, -0.1) is 0 Å². The molecule has 0 bridgehead atoms. The number of hydrogen-bond donors (Lipinski definition) is 1. The Morgan fingerprint density at radius 1 is 1.53 bits per heavy atom. The normalized spacial score (nSPS) is 24.8. The number of rotatable bonds is 2. The first-order valence-electron chi connectivity index (χ1n) is 5.79. The van der Waals surface area contributed by atoms with Gasteiger partial charge in [0.2, 0.25) is 0 Å². The summed E-state index contributed by atoms with van der Waals surface area (Å²) < 4.78 is 0.911. The lowest BCUT2D eigenvalue weighted by atomic mass is 9.96. The molecule has 0 radical (unpaired) electrons. The predicted octanol–water partition coefficient (Wildman–Crippen LogP) is 2.47. The number of aldehydes is 1. The third-order valence-electron chi connectivity index (χ3n) is 3.32. The summed E-state index contributed by atoms with van der Waals surface area (Å²) in [5.41, 5.74) is 1.66. The molecule has 1 aromatic rings. The number of aliphatic hydroxyl groups is 1. The zero-order valence-corrected chi connectivity index (χ0v) is 11.4. The van der Waals surface area contributed by atoms with Crippen LogP contribution in [0.2, 0.25) is 0 Å². The van der Waals surface area contributed by atoms with Crippen LogP contribution in [-0.4, -0.2) is 30.6 Å². The van der Waals surface area contributed by atoms with Crippen LogP contribution in [0.25, 0.3) is 0 Å². The van der Waals surface area contributed by atoms with Crippen molar-refractivity contribution in [3.05, 3.63) is 28.2 Å². The first-order chi connectivity index (χ1) is 8.11. The maximum atomic E-state index is 11.1. The molecular weight excluding hydrogens is 282 g/mol. The Morgan fingerprint density at radius 3 is 2.94 bits per heavy atom. The molecule has 1 aromatic carbocycles. The van der Waals surface area contributed by atoms with E-state index in [1.54, 1.807) is 0 Å². The van der Waals surface area contributed by atoms with E-state index in [1.807, 2.05) is 25.1 Å². The lowest BCUT2D eigenvalue weighted by Gasteiger charge is -2.36. The number of hydrogen-bond acceptors (Lipinski definition) is 3. The average molecular weight is 298 g/mol. The Morgan fingerprint density at radius 2 is 2.29 bits per heavy atom. The molecule has 17 heavy (non-hydrogen) atoms. The van der Waals surface area contributed by atoms with Gasteiger partial charge in [0.25, 0.3) is 0 Å². The Kier molecular flexibility index (Phi) is 3.84. The van der Waals surface area contributed by atoms with Crippen molar-refractivity contribution in [3.63, 3.8) is 0 Å². The van der Waals surface area contributed by atoms with Crippen LogP contribution in [0.1, 0.15) is 23.7 Å². The zero-order valence-electron chi connectivity index (χ0n) is 9.77. The quantitative estimate of drug-likeness (QED) is 0.853. The lowest BCUT2D eigenvalue weighted by Crippen LogP contribution is -2.42. The molecule has 92 valence electrons. The van der Waals surface area contributed by atoms with Crippen LogP contribution in [0.3, 0.4) is 0 Å². The molecule has 2 atom stereocenters. The van der Waals surface area contributed by atoms with E-state index >= 15 is 0 Å². The largest absolute Gasteiger partial charge is 0.393 e. The van der Waals surface area contributed by atoms with Gasteiger partial charge in [0, 0.05) is 28.8 Å². The molecule has 1 heterocycles. The number of carbonyl (C=O) groups excluding carboxylic acids is 1. The molecule has 0 amide bonds. The third-order valence-corrected chi connectivity index (χ3v) is 3.81. The number of anilines is 1. The second-order valence-corrected chi connectivity index (χ2v) is 5.52. The third kappa shape index (κ3) is 2.69. The van der Waals surface area contributed by atoms with E-state index in [2.05, 4.69) is 20.8 Å². The molecule has 1 N–H and O–H groups in total. The highest BCUT2D eigenvalue weighted by molar-refractivity contribution is 9.10. The molecular formula is C13H16BrNO2. The minimum Gasteiger partial charge on any atom is -0.393 e. The molecule has 1 aliphatic rings. The van der Waals surface area contributed by atoms with Crippen LogP contribution < -0.4 is 4.90 Å². The predicted molar refractivity (Wildman–Crippen MR) is 71.5 cm³/mol.